The molecule has 154 valence electrons. The lowest BCUT2D eigenvalue weighted by Crippen LogP contribution is -2.52. The van der Waals surface area contributed by atoms with Crippen LogP contribution in [0.2, 0.25) is 0 Å². The smallest absolute Gasteiger partial charge is 0.331 e. The van der Waals surface area contributed by atoms with Crippen LogP contribution in [-0.2, 0) is 9.53 Å². The number of rotatable bonds is 1. The van der Waals surface area contributed by atoms with Gasteiger partial charge < -0.3 is 14.9 Å². The molecule has 0 aromatic carbocycles. The zero-order valence-corrected chi connectivity index (χ0v) is 17.2. The molecule has 0 amide bonds. The highest BCUT2D eigenvalue weighted by Gasteiger charge is 2.62. The van der Waals surface area contributed by atoms with Crippen LogP contribution in [0.3, 0.4) is 0 Å². The highest BCUT2D eigenvalue weighted by molar-refractivity contribution is 5.83. The number of esters is 1. The van der Waals surface area contributed by atoms with Crippen LogP contribution >= 0.6 is 0 Å². The van der Waals surface area contributed by atoms with Crippen LogP contribution in [0, 0.1) is 34.5 Å². The molecule has 0 spiro atoms. The maximum atomic E-state index is 12.4. The Balaban J connectivity index is 1.51. The van der Waals surface area contributed by atoms with Gasteiger partial charge in [0.2, 0.25) is 0 Å². The molecule has 3 saturated carbocycles. The summed E-state index contributed by atoms with van der Waals surface area (Å²) in [5, 5.41) is 19.9. The van der Waals surface area contributed by atoms with Gasteiger partial charge in [-0.3, -0.25) is 0 Å². The molecule has 0 radical (unpaired) electrons. The molecule has 5 rings (SSSR count). The average molecular weight is 387 g/mol. The summed E-state index contributed by atoms with van der Waals surface area (Å²) in [5.74, 6) is 1.82. The van der Waals surface area contributed by atoms with Gasteiger partial charge in [0.15, 0.2) is 0 Å². The van der Waals surface area contributed by atoms with E-state index in [0.29, 0.717) is 23.7 Å². The van der Waals surface area contributed by atoms with E-state index in [2.05, 4.69) is 19.9 Å². The van der Waals surface area contributed by atoms with E-state index in [1.807, 2.05) is 0 Å². The van der Waals surface area contributed by atoms with Gasteiger partial charge in [-0.05, 0) is 85.5 Å². The lowest BCUT2D eigenvalue weighted by molar-refractivity contribution is -0.151. The number of hydrogen-bond acceptors (Lipinski definition) is 4. The molecule has 1 unspecified atom stereocenters. The molecular weight excluding hydrogens is 352 g/mol. The van der Waals surface area contributed by atoms with Crippen molar-refractivity contribution in [3.05, 3.63) is 23.3 Å². The number of carbonyl (C=O) groups excluding carboxylic acids is 1. The molecule has 1 heterocycles. The summed E-state index contributed by atoms with van der Waals surface area (Å²) in [6.07, 6.45) is 11.9. The van der Waals surface area contributed by atoms with Gasteiger partial charge >= 0.3 is 5.97 Å². The van der Waals surface area contributed by atoms with E-state index < -0.39 is 0 Å². The predicted octanol–water partition coefficient (Wildman–Crippen LogP) is 3.77. The summed E-state index contributed by atoms with van der Waals surface area (Å²) >= 11 is 0. The van der Waals surface area contributed by atoms with Crippen LogP contribution in [-0.4, -0.2) is 35.0 Å². The van der Waals surface area contributed by atoms with E-state index in [1.165, 1.54) is 18.4 Å². The van der Waals surface area contributed by atoms with Crippen molar-refractivity contribution in [2.45, 2.75) is 77.4 Å². The van der Waals surface area contributed by atoms with Crippen LogP contribution in [0.4, 0.5) is 0 Å². The number of aliphatic hydroxyl groups is 2. The molecule has 0 aromatic rings. The lowest BCUT2D eigenvalue weighted by Gasteiger charge is -2.58. The molecule has 8 atom stereocenters. The third kappa shape index (κ3) is 2.60. The van der Waals surface area contributed by atoms with E-state index in [0.717, 1.165) is 44.1 Å². The first-order valence-electron chi connectivity index (χ1n) is 11.2. The first-order valence-corrected chi connectivity index (χ1v) is 11.2. The summed E-state index contributed by atoms with van der Waals surface area (Å²) in [6.45, 7) is 4.82. The second-order valence-corrected chi connectivity index (χ2v) is 10.7. The van der Waals surface area contributed by atoms with E-state index >= 15 is 0 Å². The zero-order valence-electron chi connectivity index (χ0n) is 17.2. The van der Waals surface area contributed by atoms with Crippen LogP contribution in [0.15, 0.2) is 23.3 Å². The molecule has 4 heteroatoms. The van der Waals surface area contributed by atoms with Crippen LogP contribution in [0.1, 0.15) is 65.2 Å². The molecule has 5 aliphatic rings. The molecule has 0 aromatic heterocycles. The summed E-state index contributed by atoms with van der Waals surface area (Å²) in [7, 11) is 0. The first kappa shape index (κ1) is 18.9. The minimum absolute atomic E-state index is 0.0134. The van der Waals surface area contributed by atoms with Gasteiger partial charge in [-0.15, -0.1) is 0 Å². The number of aliphatic hydroxyl groups excluding tert-OH is 2. The Morgan fingerprint density at radius 1 is 1.21 bits per heavy atom. The van der Waals surface area contributed by atoms with Crippen LogP contribution < -0.4 is 0 Å². The molecular formula is C24H34O4. The second-order valence-electron chi connectivity index (χ2n) is 10.7. The third-order valence-corrected chi connectivity index (χ3v) is 9.53. The minimum Gasteiger partial charge on any atom is -0.459 e. The van der Waals surface area contributed by atoms with E-state index in [-0.39, 0.29) is 35.6 Å². The Kier molecular flexibility index (Phi) is 4.34. The minimum atomic E-state index is -0.266. The third-order valence-electron chi connectivity index (χ3n) is 9.53. The second kappa shape index (κ2) is 6.43. The fraction of sp³-hybridized carbons (Fsp3) is 0.792. The largest absolute Gasteiger partial charge is 0.459 e. The molecule has 28 heavy (non-hydrogen) atoms. The van der Waals surface area contributed by atoms with Crippen molar-refractivity contribution in [1.82, 2.24) is 0 Å². The number of ether oxygens (including phenoxy) is 1. The molecule has 4 nitrogen and oxygen atoms in total. The topological polar surface area (TPSA) is 66.8 Å². The van der Waals surface area contributed by atoms with Gasteiger partial charge in [-0.2, -0.15) is 0 Å². The fourth-order valence-electron chi connectivity index (χ4n) is 8.07. The summed E-state index contributed by atoms with van der Waals surface area (Å²) in [4.78, 5) is 12.4. The fourth-order valence-corrected chi connectivity index (χ4v) is 8.07. The number of hydrogen-bond donors (Lipinski definition) is 2. The van der Waals surface area contributed by atoms with Gasteiger partial charge in [0.05, 0.1) is 12.7 Å². The lowest BCUT2D eigenvalue weighted by atomic mass is 9.47. The van der Waals surface area contributed by atoms with Crippen molar-refractivity contribution in [2.75, 3.05) is 6.61 Å². The molecule has 3 fully saturated rings. The van der Waals surface area contributed by atoms with Gasteiger partial charge in [0.25, 0.3) is 0 Å². The average Bonchev–Trinajstić information content (AvgIpc) is 2.93. The molecule has 4 aliphatic carbocycles. The predicted molar refractivity (Wildman–Crippen MR) is 106 cm³/mol. The van der Waals surface area contributed by atoms with E-state index in [1.54, 1.807) is 6.08 Å². The van der Waals surface area contributed by atoms with E-state index in [9.17, 15) is 15.0 Å². The van der Waals surface area contributed by atoms with Crippen LogP contribution in [0.5, 0.6) is 0 Å². The summed E-state index contributed by atoms with van der Waals surface area (Å²) in [5.41, 5.74) is 2.69. The SMILES string of the molecule is C[C@]12CC[C@H]3[C@@H](CC=C4C[C@@H](O)CC[C@@]43C)[C@H]1C1C[C@@H]2C/C(CO)=C\C(=O)O1. The molecule has 2 bridgehead atoms. The Bertz CT molecular complexity index is 739. The molecule has 0 saturated heterocycles. The van der Waals surface area contributed by atoms with E-state index in [4.69, 9.17) is 4.74 Å². The van der Waals surface area contributed by atoms with Gasteiger partial charge in [0.1, 0.15) is 6.10 Å². The maximum Gasteiger partial charge on any atom is 0.331 e. The number of fused-ring (bicyclic) bond motifs is 9. The van der Waals surface area contributed by atoms with Crippen molar-refractivity contribution < 1.29 is 19.7 Å². The van der Waals surface area contributed by atoms with Gasteiger partial charge in [0, 0.05) is 12.0 Å². The number of allylic oxidation sites excluding steroid dienone is 1. The molecule has 1 aliphatic heterocycles. The number of carbonyl (C=O) groups is 1. The van der Waals surface area contributed by atoms with Gasteiger partial charge in [-0.25, -0.2) is 4.79 Å². The van der Waals surface area contributed by atoms with Crippen molar-refractivity contribution in [3.63, 3.8) is 0 Å². The monoisotopic (exact) mass is 386 g/mol. The van der Waals surface area contributed by atoms with Crippen LogP contribution in [0.25, 0.3) is 0 Å². The normalized spacial score (nSPS) is 52.1. The van der Waals surface area contributed by atoms with Crippen molar-refractivity contribution in [2.24, 2.45) is 34.5 Å². The van der Waals surface area contributed by atoms with Crippen molar-refractivity contribution in [1.29, 1.82) is 0 Å². The van der Waals surface area contributed by atoms with Crippen molar-refractivity contribution in [3.8, 4) is 0 Å². The Hall–Kier alpha value is -1.13. The Labute approximate surface area is 168 Å². The summed E-state index contributed by atoms with van der Waals surface area (Å²) in [6, 6.07) is 0. The molecule has 2 N–H and O–H groups in total. The van der Waals surface area contributed by atoms with Gasteiger partial charge in [-0.1, -0.05) is 25.5 Å². The summed E-state index contributed by atoms with van der Waals surface area (Å²) < 4.78 is 6.00. The Morgan fingerprint density at radius 3 is 2.82 bits per heavy atom. The highest BCUT2D eigenvalue weighted by atomic mass is 16.5. The quantitative estimate of drug-likeness (QED) is 0.532. The zero-order chi connectivity index (χ0) is 19.7. The maximum absolute atomic E-state index is 12.4. The Morgan fingerprint density at radius 2 is 2.04 bits per heavy atom. The first-order chi connectivity index (χ1) is 13.3. The highest BCUT2D eigenvalue weighted by Crippen LogP contribution is 2.67. The standard InChI is InChI=1S/C24H34O4/c1-23-7-5-17(26)11-15(23)3-4-18-19(23)6-8-24(2)16-9-14(13-25)10-21(27)28-20(12-16)22(18)24/h3,10,16-20,22,25-26H,4-9,11-13H2,1-2H3/b14-10+/t16-,17-,18+,19-,20?,22-,23-,24+/m0/s1. The van der Waals surface area contributed by atoms with Crippen molar-refractivity contribution >= 4 is 5.97 Å².